The molecule has 0 unspecified atom stereocenters. The lowest BCUT2D eigenvalue weighted by molar-refractivity contribution is -0.137. The normalized spacial score (nSPS) is 18.0. The van der Waals surface area contributed by atoms with Gasteiger partial charge in [0.15, 0.2) is 0 Å². The highest BCUT2D eigenvalue weighted by molar-refractivity contribution is 5.85. The van der Waals surface area contributed by atoms with Crippen molar-refractivity contribution < 1.29 is 9.53 Å². The van der Waals surface area contributed by atoms with Crippen molar-refractivity contribution in [1.82, 2.24) is 9.80 Å². The maximum atomic E-state index is 13.2. The SMILES string of the molecule is COc1ccccc1N1CCN(C(=O)C2CCN(Cc3cccc4ccccc34)CC2)CC1. The molecule has 0 bridgehead atoms. The minimum atomic E-state index is 0.159. The van der Waals surface area contributed by atoms with Crippen LogP contribution < -0.4 is 9.64 Å². The summed E-state index contributed by atoms with van der Waals surface area (Å²) in [5.74, 6) is 1.40. The summed E-state index contributed by atoms with van der Waals surface area (Å²) in [5, 5.41) is 2.64. The molecular weight excluding hydrogens is 410 g/mol. The largest absolute Gasteiger partial charge is 0.495 e. The van der Waals surface area contributed by atoms with Crippen LogP contribution in [-0.4, -0.2) is 62.1 Å². The van der Waals surface area contributed by atoms with Crippen LogP contribution in [0, 0.1) is 5.92 Å². The average Bonchev–Trinajstić information content (AvgIpc) is 2.89. The van der Waals surface area contributed by atoms with Gasteiger partial charge in [-0.3, -0.25) is 9.69 Å². The number of fused-ring (bicyclic) bond motifs is 1. The van der Waals surface area contributed by atoms with E-state index in [0.29, 0.717) is 5.91 Å². The van der Waals surface area contributed by atoms with Gasteiger partial charge in [0, 0.05) is 38.6 Å². The molecule has 0 aliphatic carbocycles. The van der Waals surface area contributed by atoms with Gasteiger partial charge in [0.2, 0.25) is 5.91 Å². The number of carbonyl (C=O) groups is 1. The van der Waals surface area contributed by atoms with E-state index in [-0.39, 0.29) is 5.92 Å². The third kappa shape index (κ3) is 4.69. The third-order valence-corrected chi connectivity index (χ3v) is 7.23. The number of methoxy groups -OCH3 is 1. The Hall–Kier alpha value is -3.05. The van der Waals surface area contributed by atoms with Crippen LogP contribution in [0.3, 0.4) is 0 Å². The van der Waals surface area contributed by atoms with Crippen molar-refractivity contribution in [1.29, 1.82) is 0 Å². The monoisotopic (exact) mass is 443 g/mol. The van der Waals surface area contributed by atoms with Crippen molar-refractivity contribution in [3.05, 3.63) is 72.3 Å². The van der Waals surface area contributed by atoms with Crippen molar-refractivity contribution in [3.63, 3.8) is 0 Å². The summed E-state index contributed by atoms with van der Waals surface area (Å²) < 4.78 is 5.52. The average molecular weight is 444 g/mol. The van der Waals surface area contributed by atoms with Crippen LogP contribution in [0.5, 0.6) is 5.75 Å². The van der Waals surface area contributed by atoms with Crippen LogP contribution in [0.1, 0.15) is 18.4 Å². The van der Waals surface area contributed by atoms with Crippen LogP contribution >= 0.6 is 0 Å². The predicted octanol–water partition coefficient (Wildman–Crippen LogP) is 4.41. The van der Waals surface area contributed by atoms with Crippen molar-refractivity contribution in [2.75, 3.05) is 51.3 Å². The number of ether oxygens (including phenoxy) is 1. The maximum absolute atomic E-state index is 13.2. The Balaban J connectivity index is 1.14. The lowest BCUT2D eigenvalue weighted by Crippen LogP contribution is -2.51. The molecule has 33 heavy (non-hydrogen) atoms. The first-order chi connectivity index (χ1) is 16.2. The van der Waals surface area contributed by atoms with Gasteiger partial charge in [-0.25, -0.2) is 0 Å². The maximum Gasteiger partial charge on any atom is 0.225 e. The van der Waals surface area contributed by atoms with E-state index >= 15 is 0 Å². The van der Waals surface area contributed by atoms with Gasteiger partial charge in [-0.1, -0.05) is 54.6 Å². The van der Waals surface area contributed by atoms with Gasteiger partial charge in [0.05, 0.1) is 12.8 Å². The summed E-state index contributed by atoms with van der Waals surface area (Å²) in [7, 11) is 1.71. The number of piperazine rings is 1. The van der Waals surface area contributed by atoms with E-state index in [1.54, 1.807) is 7.11 Å². The Morgan fingerprint density at radius 1 is 0.848 bits per heavy atom. The second-order valence-corrected chi connectivity index (χ2v) is 9.17. The molecule has 3 aromatic rings. The quantitative estimate of drug-likeness (QED) is 0.585. The molecule has 5 rings (SSSR count). The third-order valence-electron chi connectivity index (χ3n) is 7.23. The summed E-state index contributed by atoms with van der Waals surface area (Å²) in [6.07, 6.45) is 1.91. The van der Waals surface area contributed by atoms with Crippen molar-refractivity contribution in [2.24, 2.45) is 5.92 Å². The lowest BCUT2D eigenvalue weighted by atomic mass is 9.94. The first-order valence-electron chi connectivity index (χ1n) is 12.1. The molecule has 2 aliphatic rings. The van der Waals surface area contributed by atoms with Crippen molar-refractivity contribution >= 4 is 22.4 Å². The summed E-state index contributed by atoms with van der Waals surface area (Å²) in [5.41, 5.74) is 2.50. The molecule has 0 aromatic heterocycles. The molecule has 0 N–H and O–H groups in total. The Morgan fingerprint density at radius 2 is 1.55 bits per heavy atom. The van der Waals surface area contributed by atoms with Crippen LogP contribution in [0.25, 0.3) is 10.8 Å². The molecule has 2 aliphatic heterocycles. The van der Waals surface area contributed by atoms with E-state index in [9.17, 15) is 4.79 Å². The number of piperidine rings is 1. The van der Waals surface area contributed by atoms with Crippen molar-refractivity contribution in [3.8, 4) is 5.75 Å². The van der Waals surface area contributed by atoms with Gasteiger partial charge in [0.1, 0.15) is 5.75 Å². The number of benzene rings is 3. The van der Waals surface area contributed by atoms with E-state index in [2.05, 4.69) is 63.2 Å². The molecule has 0 atom stereocenters. The highest BCUT2D eigenvalue weighted by atomic mass is 16.5. The number of amides is 1. The van der Waals surface area contributed by atoms with Gasteiger partial charge in [-0.05, 0) is 54.4 Å². The first kappa shape index (κ1) is 21.8. The molecule has 2 heterocycles. The van der Waals surface area contributed by atoms with E-state index in [1.165, 1.54) is 16.3 Å². The molecule has 1 amide bonds. The van der Waals surface area contributed by atoms with Crippen LogP contribution in [0.15, 0.2) is 66.7 Å². The molecule has 5 nitrogen and oxygen atoms in total. The molecular formula is C28H33N3O2. The topological polar surface area (TPSA) is 36.0 Å². The number of nitrogens with zero attached hydrogens (tertiary/aromatic N) is 3. The summed E-state index contributed by atoms with van der Waals surface area (Å²) in [4.78, 5) is 20.1. The highest BCUT2D eigenvalue weighted by Gasteiger charge is 2.31. The van der Waals surface area contributed by atoms with Gasteiger partial charge in [-0.15, -0.1) is 0 Å². The number of hydrogen-bond acceptors (Lipinski definition) is 4. The van der Waals surface area contributed by atoms with E-state index in [0.717, 1.165) is 70.1 Å². The highest BCUT2D eigenvalue weighted by Crippen LogP contribution is 2.29. The minimum absolute atomic E-state index is 0.159. The Bertz CT molecular complexity index is 1090. The van der Waals surface area contributed by atoms with E-state index in [4.69, 9.17) is 4.74 Å². The molecule has 2 saturated heterocycles. The number of anilines is 1. The molecule has 0 spiro atoms. The molecule has 5 heteroatoms. The number of hydrogen-bond donors (Lipinski definition) is 0. The molecule has 172 valence electrons. The first-order valence-corrected chi connectivity index (χ1v) is 12.1. The fraction of sp³-hybridized carbons (Fsp3) is 0.393. The fourth-order valence-electron chi connectivity index (χ4n) is 5.33. The summed E-state index contributed by atoms with van der Waals surface area (Å²) in [6.45, 7) is 6.21. The molecule has 0 saturated carbocycles. The van der Waals surface area contributed by atoms with Crippen molar-refractivity contribution in [2.45, 2.75) is 19.4 Å². The zero-order chi connectivity index (χ0) is 22.6. The Morgan fingerprint density at radius 3 is 2.33 bits per heavy atom. The van der Waals surface area contributed by atoms with E-state index < -0.39 is 0 Å². The Kier molecular flexibility index (Phi) is 6.49. The summed E-state index contributed by atoms with van der Waals surface area (Å²) in [6, 6.07) is 23.3. The summed E-state index contributed by atoms with van der Waals surface area (Å²) >= 11 is 0. The Labute approximate surface area is 196 Å². The number of rotatable bonds is 5. The second-order valence-electron chi connectivity index (χ2n) is 9.17. The van der Waals surface area contributed by atoms with Gasteiger partial charge < -0.3 is 14.5 Å². The molecule has 0 radical (unpaired) electrons. The van der Waals surface area contributed by atoms with E-state index in [1.807, 2.05) is 18.2 Å². The number of likely N-dealkylation sites (tertiary alicyclic amines) is 1. The van der Waals surface area contributed by atoms with Gasteiger partial charge in [0.25, 0.3) is 0 Å². The smallest absolute Gasteiger partial charge is 0.225 e. The lowest BCUT2D eigenvalue weighted by Gasteiger charge is -2.39. The predicted molar refractivity (Wildman–Crippen MR) is 134 cm³/mol. The van der Waals surface area contributed by atoms with Gasteiger partial charge >= 0.3 is 0 Å². The zero-order valence-electron chi connectivity index (χ0n) is 19.5. The van der Waals surface area contributed by atoms with Crippen LogP contribution in [0.2, 0.25) is 0 Å². The standard InChI is InChI=1S/C28H33N3O2/c1-33-27-12-5-4-11-26(27)30-17-19-31(20-18-30)28(32)23-13-15-29(16-14-23)21-24-9-6-8-22-7-2-3-10-25(22)24/h2-12,23H,13-21H2,1H3. The molecule has 2 fully saturated rings. The van der Waals surface area contributed by atoms with Crippen LogP contribution in [-0.2, 0) is 11.3 Å². The molecule has 3 aromatic carbocycles. The number of carbonyl (C=O) groups excluding carboxylic acids is 1. The number of para-hydroxylation sites is 2. The fourth-order valence-corrected chi connectivity index (χ4v) is 5.33. The van der Waals surface area contributed by atoms with Gasteiger partial charge in [-0.2, -0.15) is 0 Å². The van der Waals surface area contributed by atoms with Crippen LogP contribution in [0.4, 0.5) is 5.69 Å². The zero-order valence-corrected chi connectivity index (χ0v) is 19.5. The second kappa shape index (κ2) is 9.84. The minimum Gasteiger partial charge on any atom is -0.495 e.